The molecule has 0 N–H and O–H groups in total. The van der Waals surface area contributed by atoms with Crippen molar-refractivity contribution in [2.24, 2.45) is 0 Å². The van der Waals surface area contributed by atoms with E-state index >= 15 is 0 Å². The standard InChI is InChI=1S/C18H12N2O/c1-2-8-14-13(6-1)7-5-11-15(14)16-9-3-4-10-17(16)18-20-19-12-21-18/h1-12H. The lowest BCUT2D eigenvalue weighted by atomic mass is 9.94. The molecule has 0 radical (unpaired) electrons. The van der Waals surface area contributed by atoms with Crippen molar-refractivity contribution < 1.29 is 4.42 Å². The van der Waals surface area contributed by atoms with E-state index in [0.29, 0.717) is 5.89 Å². The molecule has 21 heavy (non-hydrogen) atoms. The third kappa shape index (κ3) is 1.99. The number of rotatable bonds is 2. The molecule has 4 rings (SSSR count). The number of fused-ring (bicyclic) bond motifs is 1. The van der Waals surface area contributed by atoms with Gasteiger partial charge >= 0.3 is 0 Å². The number of hydrogen-bond acceptors (Lipinski definition) is 3. The van der Waals surface area contributed by atoms with Gasteiger partial charge in [-0.15, -0.1) is 10.2 Å². The summed E-state index contributed by atoms with van der Waals surface area (Å²) in [7, 11) is 0. The minimum atomic E-state index is 0.540. The van der Waals surface area contributed by atoms with Crippen molar-refractivity contribution in [3.05, 3.63) is 73.1 Å². The van der Waals surface area contributed by atoms with Gasteiger partial charge in [-0.3, -0.25) is 0 Å². The molecule has 1 heterocycles. The Balaban J connectivity index is 2.02. The van der Waals surface area contributed by atoms with Crippen molar-refractivity contribution in [1.82, 2.24) is 10.2 Å². The maximum atomic E-state index is 5.37. The Labute approximate surface area is 121 Å². The second-order valence-corrected chi connectivity index (χ2v) is 4.82. The van der Waals surface area contributed by atoms with Crippen molar-refractivity contribution >= 4 is 10.8 Å². The number of nitrogens with zero attached hydrogens (tertiary/aromatic N) is 2. The van der Waals surface area contributed by atoms with Crippen LogP contribution in [-0.4, -0.2) is 10.2 Å². The first-order valence-corrected chi connectivity index (χ1v) is 6.77. The molecule has 3 nitrogen and oxygen atoms in total. The van der Waals surface area contributed by atoms with Crippen molar-refractivity contribution in [3.8, 4) is 22.6 Å². The predicted octanol–water partition coefficient (Wildman–Crippen LogP) is 4.56. The van der Waals surface area contributed by atoms with Crippen LogP contribution in [0.25, 0.3) is 33.4 Å². The summed E-state index contributed by atoms with van der Waals surface area (Å²) in [6.45, 7) is 0. The number of aromatic nitrogens is 2. The van der Waals surface area contributed by atoms with Crippen LogP contribution in [0.5, 0.6) is 0 Å². The van der Waals surface area contributed by atoms with Crippen LogP contribution in [-0.2, 0) is 0 Å². The monoisotopic (exact) mass is 272 g/mol. The normalized spacial score (nSPS) is 10.9. The molecule has 0 aliphatic rings. The fraction of sp³-hybridized carbons (Fsp3) is 0. The second-order valence-electron chi connectivity index (χ2n) is 4.82. The average Bonchev–Trinajstić information content (AvgIpc) is 3.09. The molecule has 0 atom stereocenters. The molecule has 3 heteroatoms. The van der Waals surface area contributed by atoms with Crippen molar-refractivity contribution in [2.45, 2.75) is 0 Å². The summed E-state index contributed by atoms with van der Waals surface area (Å²) in [5, 5.41) is 10.2. The van der Waals surface area contributed by atoms with Gasteiger partial charge in [0, 0.05) is 5.56 Å². The highest BCUT2D eigenvalue weighted by atomic mass is 16.4. The molecule has 100 valence electrons. The molecule has 3 aromatic carbocycles. The van der Waals surface area contributed by atoms with Crippen LogP contribution in [0.2, 0.25) is 0 Å². The smallest absolute Gasteiger partial charge is 0.248 e. The third-order valence-corrected chi connectivity index (χ3v) is 3.60. The molecule has 0 amide bonds. The fourth-order valence-electron chi connectivity index (χ4n) is 2.66. The molecular weight excluding hydrogens is 260 g/mol. The molecule has 0 spiro atoms. The molecule has 4 aromatic rings. The maximum absolute atomic E-state index is 5.37. The highest BCUT2D eigenvalue weighted by Gasteiger charge is 2.12. The van der Waals surface area contributed by atoms with Crippen LogP contribution in [0.15, 0.2) is 77.5 Å². The zero-order chi connectivity index (χ0) is 14.1. The van der Waals surface area contributed by atoms with Crippen LogP contribution >= 0.6 is 0 Å². The zero-order valence-corrected chi connectivity index (χ0v) is 11.2. The van der Waals surface area contributed by atoms with Gasteiger partial charge in [0.25, 0.3) is 0 Å². The van der Waals surface area contributed by atoms with Gasteiger partial charge in [0.1, 0.15) is 0 Å². The Bertz CT molecular complexity index is 893. The average molecular weight is 272 g/mol. The van der Waals surface area contributed by atoms with Crippen LogP contribution in [0.1, 0.15) is 0 Å². The minimum Gasteiger partial charge on any atom is -0.423 e. The zero-order valence-electron chi connectivity index (χ0n) is 11.2. The summed E-state index contributed by atoms with van der Waals surface area (Å²) in [4.78, 5) is 0. The first kappa shape index (κ1) is 11.9. The van der Waals surface area contributed by atoms with Crippen LogP contribution < -0.4 is 0 Å². The van der Waals surface area contributed by atoms with Crippen molar-refractivity contribution in [2.75, 3.05) is 0 Å². The number of benzene rings is 3. The Hall–Kier alpha value is -2.94. The molecule has 0 aliphatic heterocycles. The molecule has 1 aromatic heterocycles. The van der Waals surface area contributed by atoms with Gasteiger partial charge in [0.15, 0.2) is 0 Å². The summed E-state index contributed by atoms with van der Waals surface area (Å²) >= 11 is 0. The van der Waals surface area contributed by atoms with Crippen molar-refractivity contribution in [3.63, 3.8) is 0 Å². The second kappa shape index (κ2) is 4.87. The molecule has 0 bridgehead atoms. The summed E-state index contributed by atoms with van der Waals surface area (Å²) < 4.78 is 5.37. The van der Waals surface area contributed by atoms with Gasteiger partial charge in [-0.25, -0.2) is 0 Å². The molecule has 0 fully saturated rings. The predicted molar refractivity (Wildman–Crippen MR) is 82.7 cm³/mol. The van der Waals surface area contributed by atoms with E-state index in [4.69, 9.17) is 4.42 Å². The summed E-state index contributed by atoms with van der Waals surface area (Å²) in [6, 6.07) is 22.8. The fourth-order valence-corrected chi connectivity index (χ4v) is 2.66. The van der Waals surface area contributed by atoms with Crippen LogP contribution in [0.4, 0.5) is 0 Å². The third-order valence-electron chi connectivity index (χ3n) is 3.60. The first-order chi connectivity index (χ1) is 10.4. The minimum absolute atomic E-state index is 0.540. The molecule has 0 saturated carbocycles. The molecule has 0 saturated heterocycles. The lowest BCUT2D eigenvalue weighted by molar-refractivity contribution is 0.569. The van der Waals surface area contributed by atoms with E-state index in [2.05, 4.69) is 58.7 Å². The van der Waals surface area contributed by atoms with Gasteiger partial charge < -0.3 is 4.42 Å². The van der Waals surface area contributed by atoms with E-state index in [-0.39, 0.29) is 0 Å². The van der Waals surface area contributed by atoms with E-state index in [1.54, 1.807) is 0 Å². The summed E-state index contributed by atoms with van der Waals surface area (Å²) in [5.74, 6) is 0.540. The SMILES string of the molecule is c1ccc(-c2cccc3ccccc23)c(-c2nnco2)c1. The summed E-state index contributed by atoms with van der Waals surface area (Å²) in [6.07, 6.45) is 1.36. The van der Waals surface area contributed by atoms with E-state index in [1.165, 1.54) is 22.7 Å². The summed E-state index contributed by atoms with van der Waals surface area (Å²) in [5.41, 5.74) is 3.21. The maximum Gasteiger partial charge on any atom is 0.248 e. The van der Waals surface area contributed by atoms with E-state index in [1.807, 2.05) is 18.2 Å². The van der Waals surface area contributed by atoms with Gasteiger partial charge in [0.05, 0.1) is 0 Å². The van der Waals surface area contributed by atoms with Crippen molar-refractivity contribution in [1.29, 1.82) is 0 Å². The highest BCUT2D eigenvalue weighted by Crippen LogP contribution is 2.35. The van der Waals surface area contributed by atoms with Gasteiger partial charge in [-0.2, -0.15) is 0 Å². The van der Waals surface area contributed by atoms with Crippen LogP contribution in [0.3, 0.4) is 0 Å². The van der Waals surface area contributed by atoms with Crippen LogP contribution in [0, 0.1) is 0 Å². The highest BCUT2D eigenvalue weighted by molar-refractivity contribution is 5.99. The van der Waals surface area contributed by atoms with Gasteiger partial charge in [-0.1, -0.05) is 60.7 Å². The quantitative estimate of drug-likeness (QED) is 0.537. The lowest BCUT2D eigenvalue weighted by Gasteiger charge is -2.10. The van der Waals surface area contributed by atoms with Gasteiger partial charge in [-0.05, 0) is 28.0 Å². The largest absolute Gasteiger partial charge is 0.423 e. The van der Waals surface area contributed by atoms with Gasteiger partial charge in [0.2, 0.25) is 12.3 Å². The Morgan fingerprint density at radius 1 is 0.667 bits per heavy atom. The Kier molecular flexibility index (Phi) is 2.75. The lowest BCUT2D eigenvalue weighted by Crippen LogP contribution is -1.87. The molecule has 0 unspecified atom stereocenters. The van der Waals surface area contributed by atoms with E-state index < -0.39 is 0 Å². The molecule has 0 aliphatic carbocycles. The molecular formula is C18H12N2O. The van der Waals surface area contributed by atoms with E-state index in [0.717, 1.165) is 11.1 Å². The first-order valence-electron chi connectivity index (χ1n) is 6.77. The Morgan fingerprint density at radius 3 is 2.24 bits per heavy atom. The van der Waals surface area contributed by atoms with E-state index in [9.17, 15) is 0 Å². The Morgan fingerprint density at radius 2 is 1.38 bits per heavy atom. The number of hydrogen-bond donors (Lipinski definition) is 0. The topological polar surface area (TPSA) is 38.9 Å².